The molecular formula is C14H19NO5S. The number of nitrogens with zero attached hydrogens (tertiary/aromatic N) is 1. The third kappa shape index (κ3) is 3.36. The van der Waals surface area contributed by atoms with E-state index < -0.39 is 21.4 Å². The summed E-state index contributed by atoms with van der Waals surface area (Å²) in [5.41, 5.74) is 0.0948. The van der Waals surface area contributed by atoms with E-state index in [4.69, 9.17) is 9.84 Å². The number of benzene rings is 1. The van der Waals surface area contributed by atoms with E-state index in [-0.39, 0.29) is 12.4 Å². The normalized spacial score (nSPS) is 17.3. The maximum absolute atomic E-state index is 12.1. The largest absolute Gasteiger partial charge is 0.480 e. The standard InChI is InChI=1S/C14H19NO5S/c1-3-21(18,19)12-7-5-4-6-11(12)15-9-14(2,10-15)20-8-13(16)17/h4-7H,3,8-10H2,1-2H3,(H,16,17). The number of ether oxygens (including phenoxy) is 1. The van der Waals surface area contributed by atoms with Crippen LogP contribution in [0.15, 0.2) is 29.2 Å². The third-order valence-electron chi connectivity index (χ3n) is 3.52. The van der Waals surface area contributed by atoms with Crippen LogP contribution < -0.4 is 4.90 Å². The molecule has 0 atom stereocenters. The molecule has 0 aliphatic carbocycles. The number of carboxylic acid groups (broad SMARTS) is 1. The Morgan fingerprint density at radius 2 is 2.00 bits per heavy atom. The predicted octanol–water partition coefficient (Wildman–Crippen LogP) is 1.16. The van der Waals surface area contributed by atoms with Crippen molar-refractivity contribution in [3.63, 3.8) is 0 Å². The summed E-state index contributed by atoms with van der Waals surface area (Å²) < 4.78 is 29.6. The summed E-state index contributed by atoms with van der Waals surface area (Å²) >= 11 is 0. The van der Waals surface area contributed by atoms with Crippen molar-refractivity contribution in [3.8, 4) is 0 Å². The highest BCUT2D eigenvalue weighted by Gasteiger charge is 2.41. The van der Waals surface area contributed by atoms with Gasteiger partial charge in [-0.2, -0.15) is 0 Å². The lowest BCUT2D eigenvalue weighted by Gasteiger charge is -2.49. The Kier molecular flexibility index (Phi) is 4.25. The van der Waals surface area contributed by atoms with Gasteiger partial charge in [-0.3, -0.25) is 0 Å². The topological polar surface area (TPSA) is 83.9 Å². The highest BCUT2D eigenvalue weighted by molar-refractivity contribution is 7.91. The fraction of sp³-hybridized carbons (Fsp3) is 0.500. The predicted molar refractivity (Wildman–Crippen MR) is 78.4 cm³/mol. The Morgan fingerprint density at radius 3 is 2.57 bits per heavy atom. The highest BCUT2D eigenvalue weighted by Crippen LogP contribution is 2.34. The average Bonchev–Trinajstić information content (AvgIpc) is 2.42. The lowest BCUT2D eigenvalue weighted by molar-refractivity contribution is -0.150. The van der Waals surface area contributed by atoms with Crippen LogP contribution in [0.1, 0.15) is 13.8 Å². The molecule has 116 valence electrons. The minimum absolute atomic E-state index is 0.0463. The molecule has 7 heteroatoms. The summed E-state index contributed by atoms with van der Waals surface area (Å²) in [4.78, 5) is 12.8. The van der Waals surface area contributed by atoms with Crippen LogP contribution in [-0.4, -0.2) is 50.5 Å². The Morgan fingerprint density at radius 1 is 1.38 bits per heavy atom. The monoisotopic (exact) mass is 313 g/mol. The van der Waals surface area contributed by atoms with Crippen LogP contribution in [0.4, 0.5) is 5.69 Å². The molecule has 1 aromatic rings. The number of hydrogen-bond donors (Lipinski definition) is 1. The Hall–Kier alpha value is -1.60. The molecule has 0 amide bonds. The molecular weight excluding hydrogens is 294 g/mol. The second kappa shape index (κ2) is 5.65. The van der Waals surface area contributed by atoms with Crippen LogP contribution in [-0.2, 0) is 19.4 Å². The molecule has 0 unspecified atom stereocenters. The van der Waals surface area contributed by atoms with Gasteiger partial charge in [0.25, 0.3) is 0 Å². The number of para-hydroxylation sites is 1. The van der Waals surface area contributed by atoms with Crippen LogP contribution in [0.2, 0.25) is 0 Å². The Bertz CT molecular complexity index is 635. The van der Waals surface area contributed by atoms with Crippen molar-refractivity contribution in [1.82, 2.24) is 0 Å². The van der Waals surface area contributed by atoms with E-state index >= 15 is 0 Å². The summed E-state index contributed by atoms with van der Waals surface area (Å²) in [7, 11) is -3.29. The van der Waals surface area contributed by atoms with Crippen molar-refractivity contribution >= 4 is 21.5 Å². The zero-order valence-electron chi connectivity index (χ0n) is 12.1. The molecule has 1 aromatic carbocycles. The van der Waals surface area contributed by atoms with Gasteiger partial charge in [-0.1, -0.05) is 19.1 Å². The molecule has 0 bridgehead atoms. The van der Waals surface area contributed by atoms with Crippen LogP contribution in [0.5, 0.6) is 0 Å². The summed E-state index contributed by atoms with van der Waals surface area (Å²) in [5, 5.41) is 8.64. The first-order valence-electron chi connectivity index (χ1n) is 6.70. The fourth-order valence-corrected chi connectivity index (χ4v) is 3.51. The van der Waals surface area contributed by atoms with Crippen molar-refractivity contribution in [2.24, 2.45) is 0 Å². The van der Waals surface area contributed by atoms with Crippen LogP contribution in [0.25, 0.3) is 0 Å². The highest BCUT2D eigenvalue weighted by atomic mass is 32.2. The van der Waals surface area contributed by atoms with Crippen molar-refractivity contribution < 1.29 is 23.1 Å². The first kappa shape index (κ1) is 15.8. The molecule has 21 heavy (non-hydrogen) atoms. The van der Waals surface area contributed by atoms with Gasteiger partial charge >= 0.3 is 5.97 Å². The molecule has 1 N–H and O–H groups in total. The van der Waals surface area contributed by atoms with Crippen LogP contribution in [0.3, 0.4) is 0 Å². The van der Waals surface area contributed by atoms with Gasteiger partial charge in [-0.05, 0) is 19.1 Å². The van der Waals surface area contributed by atoms with E-state index in [1.165, 1.54) is 0 Å². The molecule has 1 aliphatic heterocycles. The minimum Gasteiger partial charge on any atom is -0.480 e. The minimum atomic E-state index is -3.29. The van der Waals surface area contributed by atoms with Crippen molar-refractivity contribution in [1.29, 1.82) is 0 Å². The van der Waals surface area contributed by atoms with Crippen molar-refractivity contribution in [2.45, 2.75) is 24.3 Å². The lowest BCUT2D eigenvalue weighted by atomic mass is 9.95. The van der Waals surface area contributed by atoms with E-state index in [0.717, 1.165) is 0 Å². The SMILES string of the molecule is CCS(=O)(=O)c1ccccc1N1CC(C)(OCC(=O)O)C1. The quantitative estimate of drug-likeness (QED) is 0.848. The second-order valence-corrected chi connectivity index (χ2v) is 7.61. The number of sulfone groups is 1. The maximum atomic E-state index is 12.1. The van der Waals surface area contributed by atoms with Gasteiger partial charge < -0.3 is 14.7 Å². The summed E-state index contributed by atoms with van der Waals surface area (Å²) in [6.07, 6.45) is 0. The number of rotatable bonds is 6. The molecule has 1 aliphatic rings. The number of anilines is 1. The van der Waals surface area contributed by atoms with E-state index in [2.05, 4.69) is 0 Å². The summed E-state index contributed by atoms with van der Waals surface area (Å²) in [6, 6.07) is 6.85. The molecule has 1 saturated heterocycles. The number of carbonyl (C=O) groups is 1. The second-order valence-electron chi connectivity index (χ2n) is 5.36. The first-order chi connectivity index (χ1) is 9.77. The molecule has 2 rings (SSSR count). The molecule has 0 spiro atoms. The van der Waals surface area contributed by atoms with Crippen LogP contribution in [0, 0.1) is 0 Å². The fourth-order valence-electron chi connectivity index (χ4n) is 2.40. The molecule has 1 fully saturated rings. The van der Waals surface area contributed by atoms with Crippen molar-refractivity contribution in [2.75, 3.05) is 30.3 Å². The van der Waals surface area contributed by atoms with Crippen molar-refractivity contribution in [3.05, 3.63) is 24.3 Å². The summed E-state index contributed by atoms with van der Waals surface area (Å²) in [6.45, 7) is 4.03. The molecule has 0 aromatic heterocycles. The van der Waals surface area contributed by atoms with Gasteiger partial charge in [0.05, 0.1) is 16.3 Å². The van der Waals surface area contributed by atoms with Gasteiger partial charge in [0.1, 0.15) is 12.2 Å². The average molecular weight is 313 g/mol. The number of hydrogen-bond acceptors (Lipinski definition) is 5. The smallest absolute Gasteiger partial charge is 0.329 e. The van der Waals surface area contributed by atoms with E-state index in [0.29, 0.717) is 23.7 Å². The van der Waals surface area contributed by atoms with Gasteiger partial charge in [0, 0.05) is 13.1 Å². The van der Waals surface area contributed by atoms with Gasteiger partial charge in [0.15, 0.2) is 9.84 Å². The third-order valence-corrected chi connectivity index (χ3v) is 5.29. The molecule has 0 saturated carbocycles. The van der Waals surface area contributed by atoms with Crippen LogP contribution >= 0.6 is 0 Å². The zero-order valence-corrected chi connectivity index (χ0v) is 12.9. The van der Waals surface area contributed by atoms with Gasteiger partial charge in [-0.15, -0.1) is 0 Å². The zero-order chi connectivity index (χ0) is 15.7. The number of aliphatic carboxylic acids is 1. The maximum Gasteiger partial charge on any atom is 0.329 e. The van der Waals surface area contributed by atoms with Gasteiger partial charge in [0.2, 0.25) is 0 Å². The van der Waals surface area contributed by atoms with E-state index in [9.17, 15) is 13.2 Å². The van der Waals surface area contributed by atoms with E-state index in [1.54, 1.807) is 31.2 Å². The molecule has 0 radical (unpaired) electrons. The number of carboxylic acids is 1. The first-order valence-corrected chi connectivity index (χ1v) is 8.35. The Labute approximate surface area is 124 Å². The lowest BCUT2D eigenvalue weighted by Crippen LogP contribution is -2.62. The Balaban J connectivity index is 2.14. The van der Waals surface area contributed by atoms with Gasteiger partial charge in [-0.25, -0.2) is 13.2 Å². The molecule has 1 heterocycles. The van der Waals surface area contributed by atoms with E-state index in [1.807, 2.05) is 11.8 Å². The summed E-state index contributed by atoms with van der Waals surface area (Å²) in [5.74, 6) is -0.964. The molecule has 6 nitrogen and oxygen atoms in total.